The second-order valence-corrected chi connectivity index (χ2v) is 9.72. The number of aryl methyl sites for hydroxylation is 1. The summed E-state index contributed by atoms with van der Waals surface area (Å²) in [5.41, 5.74) is 3.32. The first-order chi connectivity index (χ1) is 17.9. The van der Waals surface area contributed by atoms with Crippen molar-refractivity contribution in [1.29, 1.82) is 0 Å². The number of para-hydroxylation sites is 1. The second kappa shape index (κ2) is 12.2. The molecule has 4 unspecified atom stereocenters. The summed E-state index contributed by atoms with van der Waals surface area (Å²) < 4.78 is 6.18. The molecule has 37 heavy (non-hydrogen) atoms. The first-order valence-electron chi connectivity index (χ1n) is 12.9. The van der Waals surface area contributed by atoms with E-state index in [1.807, 2.05) is 61.5 Å². The van der Waals surface area contributed by atoms with Crippen LogP contribution in [0.25, 0.3) is 0 Å². The summed E-state index contributed by atoms with van der Waals surface area (Å²) in [6, 6.07) is 14.7. The van der Waals surface area contributed by atoms with E-state index in [-0.39, 0.29) is 25.0 Å². The van der Waals surface area contributed by atoms with E-state index in [2.05, 4.69) is 11.9 Å². The Labute approximate surface area is 218 Å². The molecule has 2 aromatic carbocycles. The highest BCUT2D eigenvalue weighted by Crippen LogP contribution is 2.47. The van der Waals surface area contributed by atoms with E-state index >= 15 is 0 Å². The van der Waals surface area contributed by atoms with Crippen molar-refractivity contribution < 1.29 is 24.5 Å². The number of hydrogen-bond acceptors (Lipinski definition) is 5. The zero-order valence-electron chi connectivity index (χ0n) is 21.3. The number of amides is 2. The lowest BCUT2D eigenvalue weighted by molar-refractivity contribution is -0.138. The number of aliphatic hydroxyl groups is 2. The maximum atomic E-state index is 13.6. The number of benzene rings is 2. The minimum Gasteiger partial charge on any atom is -0.486 e. The third kappa shape index (κ3) is 5.95. The normalized spacial score (nSPS) is 21.8. The zero-order valence-corrected chi connectivity index (χ0v) is 21.3. The Kier molecular flexibility index (Phi) is 8.79. The molecule has 2 aliphatic rings. The van der Waals surface area contributed by atoms with Crippen LogP contribution >= 0.6 is 0 Å². The van der Waals surface area contributed by atoms with Crippen molar-refractivity contribution in [2.75, 3.05) is 13.2 Å². The molecule has 3 N–H and O–H groups in total. The fraction of sp³-hybridized carbons (Fsp3) is 0.400. The molecule has 1 heterocycles. The van der Waals surface area contributed by atoms with Gasteiger partial charge in [-0.25, -0.2) is 0 Å². The first-order valence-corrected chi connectivity index (χ1v) is 12.9. The van der Waals surface area contributed by atoms with Crippen LogP contribution in [0.3, 0.4) is 0 Å². The molecule has 196 valence electrons. The van der Waals surface area contributed by atoms with Gasteiger partial charge < -0.3 is 25.2 Å². The summed E-state index contributed by atoms with van der Waals surface area (Å²) in [6.45, 7) is 5.98. The van der Waals surface area contributed by atoms with Crippen LogP contribution in [0.1, 0.15) is 48.3 Å². The predicted molar refractivity (Wildman–Crippen MR) is 142 cm³/mol. The molecule has 7 heteroatoms. The molecule has 7 nitrogen and oxygen atoms in total. The number of rotatable bonds is 11. The minimum absolute atomic E-state index is 0.0889. The fourth-order valence-corrected chi connectivity index (χ4v) is 5.15. The Hall–Kier alpha value is -3.42. The van der Waals surface area contributed by atoms with Gasteiger partial charge in [-0.1, -0.05) is 54.1 Å². The van der Waals surface area contributed by atoms with Crippen molar-refractivity contribution in [3.05, 3.63) is 89.5 Å². The predicted octanol–water partition coefficient (Wildman–Crippen LogP) is 3.39. The Morgan fingerprint density at radius 3 is 2.62 bits per heavy atom. The zero-order chi connectivity index (χ0) is 26.4. The molecule has 1 aliphatic carbocycles. The van der Waals surface area contributed by atoms with E-state index in [4.69, 9.17) is 4.74 Å². The van der Waals surface area contributed by atoms with Gasteiger partial charge in [-0.15, -0.1) is 6.58 Å². The van der Waals surface area contributed by atoms with Crippen LogP contribution < -0.4 is 10.1 Å². The molecule has 0 saturated carbocycles. The van der Waals surface area contributed by atoms with Gasteiger partial charge in [0.15, 0.2) is 0 Å². The summed E-state index contributed by atoms with van der Waals surface area (Å²) in [6.07, 6.45) is 4.55. The Morgan fingerprint density at radius 2 is 1.89 bits per heavy atom. The Balaban J connectivity index is 1.70. The van der Waals surface area contributed by atoms with Gasteiger partial charge in [0.25, 0.3) is 0 Å². The number of nitrogens with one attached hydrogen (secondary N) is 1. The second-order valence-electron chi connectivity index (χ2n) is 9.72. The van der Waals surface area contributed by atoms with E-state index in [0.717, 1.165) is 29.5 Å². The lowest BCUT2D eigenvalue weighted by Crippen LogP contribution is -2.55. The molecular weight excluding hydrogens is 468 g/mol. The molecule has 0 radical (unpaired) electrons. The Morgan fingerprint density at radius 1 is 1.14 bits per heavy atom. The number of ether oxygens (including phenoxy) is 1. The maximum absolute atomic E-state index is 13.6. The SMILES string of the molecule is C=CCCCCC(=O)N(Cc1ccc(C)cc1)C1C=C(C(=O)NCCO)C2c3ccccc3OC2C1O. The third-order valence-corrected chi connectivity index (χ3v) is 7.08. The summed E-state index contributed by atoms with van der Waals surface area (Å²) in [5, 5.41) is 23.6. The van der Waals surface area contributed by atoms with Crippen LogP contribution in [0.15, 0.2) is 72.8 Å². The molecule has 0 aromatic heterocycles. The number of carbonyl (C=O) groups is 2. The van der Waals surface area contributed by atoms with E-state index in [1.165, 1.54) is 0 Å². The molecule has 0 fully saturated rings. The Bertz CT molecular complexity index is 1140. The van der Waals surface area contributed by atoms with Gasteiger partial charge >= 0.3 is 0 Å². The van der Waals surface area contributed by atoms with Crippen molar-refractivity contribution in [2.45, 2.75) is 63.3 Å². The number of allylic oxidation sites excluding steroid dienone is 1. The number of fused-ring (bicyclic) bond motifs is 3. The fourth-order valence-electron chi connectivity index (χ4n) is 5.15. The highest BCUT2D eigenvalue weighted by atomic mass is 16.5. The van der Waals surface area contributed by atoms with Gasteiger partial charge in [0.05, 0.1) is 18.6 Å². The third-order valence-electron chi connectivity index (χ3n) is 7.08. The molecule has 4 atom stereocenters. The van der Waals surface area contributed by atoms with Crippen molar-refractivity contribution in [3.63, 3.8) is 0 Å². The molecule has 2 aromatic rings. The quantitative estimate of drug-likeness (QED) is 0.322. The van der Waals surface area contributed by atoms with Gasteiger partial charge in [-0.05, 0) is 43.9 Å². The number of unbranched alkanes of at least 4 members (excludes halogenated alkanes) is 2. The van der Waals surface area contributed by atoms with Crippen LogP contribution in [0.5, 0.6) is 5.75 Å². The van der Waals surface area contributed by atoms with Gasteiger partial charge in [-0.3, -0.25) is 9.59 Å². The van der Waals surface area contributed by atoms with Crippen molar-refractivity contribution >= 4 is 11.8 Å². The van der Waals surface area contributed by atoms with E-state index in [9.17, 15) is 19.8 Å². The maximum Gasteiger partial charge on any atom is 0.247 e. The van der Waals surface area contributed by atoms with Gasteiger partial charge in [-0.2, -0.15) is 0 Å². The highest BCUT2D eigenvalue weighted by molar-refractivity contribution is 5.96. The minimum atomic E-state index is -1.03. The average molecular weight is 505 g/mol. The van der Waals surface area contributed by atoms with Crippen LogP contribution in [-0.4, -0.2) is 58.3 Å². The monoisotopic (exact) mass is 504 g/mol. The smallest absolute Gasteiger partial charge is 0.247 e. The molecule has 1 aliphatic heterocycles. The van der Waals surface area contributed by atoms with Gasteiger partial charge in [0, 0.05) is 30.6 Å². The molecule has 2 amide bonds. The van der Waals surface area contributed by atoms with Crippen molar-refractivity contribution in [1.82, 2.24) is 10.2 Å². The summed E-state index contributed by atoms with van der Waals surface area (Å²) >= 11 is 0. The number of carbonyl (C=O) groups excluding carboxylic acids is 2. The number of aliphatic hydroxyl groups excluding tert-OH is 2. The topological polar surface area (TPSA) is 99.1 Å². The molecular formula is C30H36N2O5. The largest absolute Gasteiger partial charge is 0.486 e. The van der Waals surface area contributed by atoms with E-state index in [1.54, 1.807) is 11.0 Å². The lowest BCUT2D eigenvalue weighted by atomic mass is 9.77. The lowest BCUT2D eigenvalue weighted by Gasteiger charge is -2.41. The van der Waals surface area contributed by atoms with Crippen LogP contribution in [-0.2, 0) is 16.1 Å². The molecule has 0 saturated heterocycles. The van der Waals surface area contributed by atoms with Crippen LogP contribution in [0.2, 0.25) is 0 Å². The summed E-state index contributed by atoms with van der Waals surface area (Å²) in [7, 11) is 0. The molecule has 4 rings (SSSR count). The van der Waals surface area contributed by atoms with E-state index < -0.39 is 24.2 Å². The van der Waals surface area contributed by atoms with Gasteiger partial charge in [0.2, 0.25) is 11.8 Å². The summed E-state index contributed by atoms with van der Waals surface area (Å²) in [5.74, 6) is -0.270. The van der Waals surface area contributed by atoms with Crippen LogP contribution in [0, 0.1) is 6.92 Å². The standard InChI is InChI=1S/C30H36N2O5/c1-3-4-5-6-11-26(34)32(19-21-14-12-20(2)13-15-21)24-18-23(30(36)31-16-17-33)27-22-9-7-8-10-25(22)37-29(27)28(24)35/h3,7-10,12-15,18,24,27-29,33,35H,1,4-6,11,16-17,19H2,2H3,(H,31,36). The van der Waals surface area contributed by atoms with Gasteiger partial charge in [0.1, 0.15) is 18.0 Å². The van der Waals surface area contributed by atoms with Crippen molar-refractivity contribution in [2.24, 2.45) is 0 Å². The van der Waals surface area contributed by atoms with E-state index in [0.29, 0.717) is 30.7 Å². The molecule has 0 bridgehead atoms. The highest BCUT2D eigenvalue weighted by Gasteiger charge is 2.50. The molecule has 0 spiro atoms. The average Bonchev–Trinajstić information content (AvgIpc) is 3.30. The number of nitrogens with zero attached hydrogens (tertiary/aromatic N) is 1. The van der Waals surface area contributed by atoms with Crippen molar-refractivity contribution in [3.8, 4) is 5.75 Å². The first kappa shape index (κ1) is 26.6. The van der Waals surface area contributed by atoms with Crippen LogP contribution in [0.4, 0.5) is 0 Å². The number of hydrogen-bond donors (Lipinski definition) is 3. The summed E-state index contributed by atoms with van der Waals surface area (Å²) in [4.78, 5) is 28.5.